The molecule has 0 fully saturated rings. The van der Waals surface area contributed by atoms with Crippen LogP contribution in [-0.2, 0) is 20.5 Å². The van der Waals surface area contributed by atoms with Crippen LogP contribution in [0.5, 0.6) is 0 Å². The highest BCUT2D eigenvalue weighted by Gasteiger charge is 2.11. The summed E-state index contributed by atoms with van der Waals surface area (Å²) >= 11 is 0. The van der Waals surface area contributed by atoms with Gasteiger partial charge in [0.15, 0.2) is 0 Å². The fourth-order valence-corrected chi connectivity index (χ4v) is 2.41. The molecule has 0 saturated heterocycles. The first-order valence-corrected chi connectivity index (χ1v) is 6.16. The molecule has 0 aliphatic rings. The second-order valence-electron chi connectivity index (χ2n) is 4.69. The summed E-state index contributed by atoms with van der Waals surface area (Å²) < 4.78 is 3.32. The van der Waals surface area contributed by atoms with E-state index in [9.17, 15) is 4.79 Å². The first-order valence-electron chi connectivity index (χ1n) is 6.16. The molecule has 0 atom stereocenters. The van der Waals surface area contributed by atoms with Crippen LogP contribution in [0.15, 0.2) is 16.9 Å². The highest BCUT2D eigenvalue weighted by molar-refractivity contribution is 5.91. The summed E-state index contributed by atoms with van der Waals surface area (Å²) in [5.41, 5.74) is 3.76. The fraction of sp³-hybridized carbons (Fsp3) is 0.385. The van der Waals surface area contributed by atoms with E-state index in [4.69, 9.17) is 0 Å². The molecule has 0 unspecified atom stereocenters. The normalized spacial score (nSPS) is 11.1. The quantitative estimate of drug-likeness (QED) is 0.782. The van der Waals surface area contributed by atoms with Crippen molar-refractivity contribution in [2.75, 3.05) is 0 Å². The molecule has 2 aromatic heterocycles. The predicted molar refractivity (Wildman–Crippen MR) is 79.1 cm³/mol. The molecule has 102 valence electrons. The Bertz CT molecular complexity index is 736. The summed E-state index contributed by atoms with van der Waals surface area (Å²) in [6.45, 7) is 2.13. The van der Waals surface area contributed by atoms with E-state index in [1.54, 1.807) is 23.2 Å². The van der Waals surface area contributed by atoms with Crippen molar-refractivity contribution in [2.24, 2.45) is 14.1 Å². The Kier molecular flexibility index (Phi) is 3.41. The lowest BCUT2D eigenvalue weighted by atomic mass is 10.2. The Labute approximate surface area is 116 Å². The monoisotopic (exact) mass is 280 g/mol. The Morgan fingerprint density at radius 3 is 2.47 bits per heavy atom. The topological polar surface area (TPSA) is 55.6 Å². The molecule has 0 saturated carbocycles. The van der Waals surface area contributed by atoms with E-state index in [1.807, 2.05) is 12.1 Å². The summed E-state index contributed by atoms with van der Waals surface area (Å²) in [5, 5.41) is 0. The number of fused-ring (bicyclic) bond motifs is 2. The van der Waals surface area contributed by atoms with Crippen molar-refractivity contribution in [3.8, 4) is 0 Å². The van der Waals surface area contributed by atoms with E-state index in [2.05, 4.69) is 16.9 Å². The van der Waals surface area contributed by atoms with Crippen LogP contribution >= 0.6 is 12.4 Å². The van der Waals surface area contributed by atoms with E-state index >= 15 is 0 Å². The second kappa shape index (κ2) is 4.74. The second-order valence-corrected chi connectivity index (χ2v) is 4.69. The molecular weight excluding hydrogens is 264 g/mol. The van der Waals surface area contributed by atoms with Gasteiger partial charge >= 0.3 is 5.69 Å². The predicted octanol–water partition coefficient (Wildman–Crippen LogP) is 2.13. The molecule has 5 nitrogen and oxygen atoms in total. The number of aromatic amines is 1. The zero-order valence-corrected chi connectivity index (χ0v) is 12.0. The van der Waals surface area contributed by atoms with Crippen LogP contribution in [0.1, 0.15) is 19.2 Å². The minimum Gasteiger partial charge on any atom is -0.342 e. The van der Waals surface area contributed by atoms with Crippen LogP contribution in [0.2, 0.25) is 0 Å². The standard InChI is InChI=1S/C13H16N4O.ClH/c1-4-5-12-14-8-6-10-11(7-9(8)15-12)17(3)13(18)16(10)2;/h6-7H,4-5H2,1-3H3,(H,14,15);1H. The van der Waals surface area contributed by atoms with E-state index in [0.29, 0.717) is 0 Å². The van der Waals surface area contributed by atoms with Gasteiger partial charge in [-0.2, -0.15) is 0 Å². The van der Waals surface area contributed by atoms with Crippen LogP contribution in [0.4, 0.5) is 0 Å². The van der Waals surface area contributed by atoms with Crippen molar-refractivity contribution < 1.29 is 0 Å². The number of aryl methyl sites for hydroxylation is 3. The maximum Gasteiger partial charge on any atom is 0.328 e. The molecule has 0 radical (unpaired) electrons. The average molecular weight is 281 g/mol. The zero-order valence-electron chi connectivity index (χ0n) is 11.2. The third-order valence-corrected chi connectivity index (χ3v) is 3.41. The lowest BCUT2D eigenvalue weighted by molar-refractivity contribution is 0.795. The lowest BCUT2D eigenvalue weighted by Gasteiger charge is -1.94. The van der Waals surface area contributed by atoms with E-state index in [-0.39, 0.29) is 18.1 Å². The van der Waals surface area contributed by atoms with Gasteiger partial charge in [-0.3, -0.25) is 9.13 Å². The van der Waals surface area contributed by atoms with Gasteiger partial charge in [0.1, 0.15) is 5.82 Å². The minimum absolute atomic E-state index is 0. The molecule has 6 heteroatoms. The Balaban J connectivity index is 0.00000133. The lowest BCUT2D eigenvalue weighted by Crippen LogP contribution is -2.19. The van der Waals surface area contributed by atoms with Gasteiger partial charge in [0.05, 0.1) is 22.1 Å². The minimum atomic E-state index is -0.00793. The van der Waals surface area contributed by atoms with Crippen molar-refractivity contribution in [3.05, 3.63) is 28.4 Å². The summed E-state index contributed by atoms with van der Waals surface area (Å²) in [5.74, 6) is 1.01. The Morgan fingerprint density at radius 2 is 1.84 bits per heavy atom. The van der Waals surface area contributed by atoms with Gasteiger partial charge in [-0.15, -0.1) is 12.4 Å². The fourth-order valence-electron chi connectivity index (χ4n) is 2.41. The highest BCUT2D eigenvalue weighted by atomic mass is 35.5. The number of benzene rings is 1. The molecule has 0 amide bonds. The van der Waals surface area contributed by atoms with Crippen LogP contribution in [-0.4, -0.2) is 19.1 Å². The van der Waals surface area contributed by atoms with Crippen LogP contribution in [0.3, 0.4) is 0 Å². The van der Waals surface area contributed by atoms with Crippen molar-refractivity contribution in [3.63, 3.8) is 0 Å². The number of nitrogens with zero attached hydrogens (tertiary/aromatic N) is 3. The molecule has 2 heterocycles. The first kappa shape index (κ1) is 13.7. The molecule has 1 aromatic carbocycles. The molecule has 0 aliphatic carbocycles. The maximum atomic E-state index is 11.9. The van der Waals surface area contributed by atoms with E-state index in [1.165, 1.54) is 0 Å². The molecule has 3 aromatic rings. The number of imidazole rings is 2. The SMILES string of the molecule is CCCc1nc2cc3c(cc2[nH]1)n(C)c(=O)n3C.Cl. The van der Waals surface area contributed by atoms with Crippen LogP contribution < -0.4 is 5.69 Å². The average Bonchev–Trinajstić information content (AvgIpc) is 2.83. The van der Waals surface area contributed by atoms with Gasteiger partial charge < -0.3 is 4.98 Å². The molecule has 1 N–H and O–H groups in total. The van der Waals surface area contributed by atoms with Crippen molar-refractivity contribution >= 4 is 34.5 Å². The van der Waals surface area contributed by atoms with E-state index < -0.39 is 0 Å². The summed E-state index contributed by atoms with van der Waals surface area (Å²) in [4.78, 5) is 19.7. The number of aromatic nitrogens is 4. The highest BCUT2D eigenvalue weighted by Crippen LogP contribution is 2.20. The number of hydrogen-bond acceptors (Lipinski definition) is 2. The summed E-state index contributed by atoms with van der Waals surface area (Å²) in [6.07, 6.45) is 2.02. The van der Waals surface area contributed by atoms with Crippen molar-refractivity contribution in [1.82, 2.24) is 19.1 Å². The summed E-state index contributed by atoms with van der Waals surface area (Å²) in [7, 11) is 3.58. The number of rotatable bonds is 2. The smallest absolute Gasteiger partial charge is 0.328 e. The number of nitrogens with one attached hydrogen (secondary N) is 1. The number of H-pyrrole nitrogens is 1. The first-order chi connectivity index (χ1) is 8.61. The summed E-state index contributed by atoms with van der Waals surface area (Å²) in [6, 6.07) is 3.97. The molecule has 0 bridgehead atoms. The number of halogens is 1. The van der Waals surface area contributed by atoms with Gasteiger partial charge in [-0.25, -0.2) is 9.78 Å². The van der Waals surface area contributed by atoms with Crippen LogP contribution in [0, 0.1) is 0 Å². The molecule has 0 aliphatic heterocycles. The zero-order chi connectivity index (χ0) is 12.9. The van der Waals surface area contributed by atoms with Gasteiger partial charge in [-0.05, 0) is 18.6 Å². The molecular formula is C13H17ClN4O. The number of hydrogen-bond donors (Lipinski definition) is 1. The molecule has 19 heavy (non-hydrogen) atoms. The van der Waals surface area contributed by atoms with Gasteiger partial charge in [-0.1, -0.05) is 6.92 Å². The third-order valence-electron chi connectivity index (χ3n) is 3.41. The van der Waals surface area contributed by atoms with Crippen molar-refractivity contribution in [1.29, 1.82) is 0 Å². The molecule has 0 spiro atoms. The third kappa shape index (κ3) is 1.94. The van der Waals surface area contributed by atoms with Gasteiger partial charge in [0.2, 0.25) is 0 Å². The molecule has 3 rings (SSSR count). The van der Waals surface area contributed by atoms with Crippen molar-refractivity contribution in [2.45, 2.75) is 19.8 Å². The van der Waals surface area contributed by atoms with Gasteiger partial charge in [0.25, 0.3) is 0 Å². The Hall–Kier alpha value is -1.75. The van der Waals surface area contributed by atoms with Crippen LogP contribution in [0.25, 0.3) is 22.1 Å². The Morgan fingerprint density at radius 1 is 1.21 bits per heavy atom. The van der Waals surface area contributed by atoms with E-state index in [0.717, 1.165) is 40.7 Å². The van der Waals surface area contributed by atoms with Gasteiger partial charge in [0, 0.05) is 20.5 Å². The maximum absolute atomic E-state index is 11.9. The largest absolute Gasteiger partial charge is 0.342 e.